The molecule has 206 valence electrons. The Morgan fingerprint density at radius 2 is 1.39 bits per heavy atom. The standard InChI is InChI=1S/C32H30N6O3/c1-18-5-12-24(17-27(18)36-31(40)21-8-6-20(7-9-21)30(39)34-3)35-32(41)22-10-14-28-26(16-22)29(37-38(28)4)25-13-11-23(33)15-19(25)2/h5-17H,33H2,1-4H3,(H,34,39)(H,35,41)(H,36,40). The number of fused-ring (bicyclic) bond motifs is 1. The molecule has 5 aromatic rings. The summed E-state index contributed by atoms with van der Waals surface area (Å²) < 4.78 is 1.79. The zero-order chi connectivity index (χ0) is 29.3. The third-order valence-electron chi connectivity index (χ3n) is 7.00. The minimum absolute atomic E-state index is 0.226. The van der Waals surface area contributed by atoms with Gasteiger partial charge in [0.25, 0.3) is 17.7 Å². The van der Waals surface area contributed by atoms with Gasteiger partial charge in [0.2, 0.25) is 0 Å². The third-order valence-corrected chi connectivity index (χ3v) is 7.00. The van der Waals surface area contributed by atoms with Crippen molar-refractivity contribution in [2.45, 2.75) is 13.8 Å². The fourth-order valence-corrected chi connectivity index (χ4v) is 4.71. The SMILES string of the molecule is CNC(=O)c1ccc(C(=O)Nc2cc(NC(=O)c3ccc4c(c3)c(-c3ccc(N)cc3C)nn4C)ccc2C)cc1. The molecule has 0 saturated carbocycles. The highest BCUT2D eigenvalue weighted by molar-refractivity contribution is 6.09. The predicted octanol–water partition coefficient (Wildman–Crippen LogP) is 5.30. The van der Waals surface area contributed by atoms with Crippen molar-refractivity contribution in [3.8, 4) is 11.3 Å². The van der Waals surface area contributed by atoms with Crippen molar-refractivity contribution in [3.05, 3.63) is 107 Å². The van der Waals surface area contributed by atoms with Crippen molar-refractivity contribution in [3.63, 3.8) is 0 Å². The average Bonchev–Trinajstić information content (AvgIpc) is 3.29. The summed E-state index contributed by atoms with van der Waals surface area (Å²) in [6, 6.07) is 22.9. The molecule has 0 saturated heterocycles. The van der Waals surface area contributed by atoms with E-state index in [0.29, 0.717) is 33.8 Å². The topological polar surface area (TPSA) is 131 Å². The van der Waals surface area contributed by atoms with Crippen molar-refractivity contribution in [2.75, 3.05) is 23.4 Å². The van der Waals surface area contributed by atoms with Gasteiger partial charge in [-0.15, -0.1) is 0 Å². The molecule has 5 rings (SSSR count). The first kappa shape index (κ1) is 27.1. The van der Waals surface area contributed by atoms with Crippen molar-refractivity contribution < 1.29 is 14.4 Å². The second-order valence-corrected chi connectivity index (χ2v) is 9.87. The maximum atomic E-state index is 13.3. The van der Waals surface area contributed by atoms with Crippen LogP contribution in [0, 0.1) is 13.8 Å². The molecule has 0 aliphatic rings. The Bertz CT molecular complexity index is 1820. The molecule has 9 nitrogen and oxygen atoms in total. The van der Waals surface area contributed by atoms with Crippen molar-refractivity contribution in [1.82, 2.24) is 15.1 Å². The molecule has 0 spiro atoms. The fraction of sp³-hybridized carbons (Fsp3) is 0.125. The molecule has 1 heterocycles. The largest absolute Gasteiger partial charge is 0.399 e. The van der Waals surface area contributed by atoms with E-state index in [2.05, 4.69) is 16.0 Å². The van der Waals surface area contributed by atoms with Gasteiger partial charge in [-0.2, -0.15) is 5.10 Å². The maximum Gasteiger partial charge on any atom is 0.255 e. The number of carbonyl (C=O) groups is 3. The van der Waals surface area contributed by atoms with Crippen LogP contribution in [0.5, 0.6) is 0 Å². The van der Waals surface area contributed by atoms with Crippen LogP contribution >= 0.6 is 0 Å². The number of nitrogens with two attached hydrogens (primary N) is 1. The normalized spacial score (nSPS) is 10.8. The second kappa shape index (κ2) is 11.0. The Morgan fingerprint density at radius 3 is 2.07 bits per heavy atom. The predicted molar refractivity (Wildman–Crippen MR) is 162 cm³/mol. The highest BCUT2D eigenvalue weighted by atomic mass is 16.2. The molecular formula is C32H30N6O3. The molecule has 5 N–H and O–H groups in total. The molecule has 0 bridgehead atoms. The van der Waals surface area contributed by atoms with E-state index in [1.807, 2.05) is 57.3 Å². The Morgan fingerprint density at radius 1 is 0.732 bits per heavy atom. The minimum Gasteiger partial charge on any atom is -0.399 e. The lowest BCUT2D eigenvalue weighted by atomic mass is 10.0. The van der Waals surface area contributed by atoms with Gasteiger partial charge in [0, 0.05) is 58.8 Å². The molecule has 0 unspecified atom stereocenters. The number of anilines is 3. The number of nitrogen functional groups attached to an aromatic ring is 1. The van der Waals surface area contributed by atoms with E-state index in [0.717, 1.165) is 33.3 Å². The smallest absolute Gasteiger partial charge is 0.255 e. The Kier molecular flexibility index (Phi) is 7.26. The summed E-state index contributed by atoms with van der Waals surface area (Å²) in [5.74, 6) is -0.843. The van der Waals surface area contributed by atoms with Gasteiger partial charge in [-0.1, -0.05) is 12.1 Å². The lowest BCUT2D eigenvalue weighted by Crippen LogP contribution is -2.18. The number of rotatable bonds is 6. The van der Waals surface area contributed by atoms with Crippen molar-refractivity contribution >= 4 is 45.7 Å². The number of hydrogen-bond donors (Lipinski definition) is 4. The van der Waals surface area contributed by atoms with E-state index >= 15 is 0 Å². The van der Waals surface area contributed by atoms with Gasteiger partial charge in [-0.05, 0) is 91.7 Å². The maximum absolute atomic E-state index is 13.3. The number of amides is 3. The molecule has 41 heavy (non-hydrogen) atoms. The van der Waals surface area contributed by atoms with Crippen LogP contribution in [0.15, 0.2) is 78.9 Å². The number of hydrogen-bond acceptors (Lipinski definition) is 5. The van der Waals surface area contributed by atoms with Crippen LogP contribution in [0.1, 0.15) is 42.2 Å². The first-order valence-corrected chi connectivity index (χ1v) is 13.0. The Hall–Kier alpha value is -5.44. The van der Waals surface area contributed by atoms with Gasteiger partial charge >= 0.3 is 0 Å². The number of aryl methyl sites for hydroxylation is 3. The lowest BCUT2D eigenvalue weighted by molar-refractivity contribution is 0.0960. The molecule has 0 aliphatic heterocycles. The fourth-order valence-electron chi connectivity index (χ4n) is 4.71. The van der Waals surface area contributed by atoms with Gasteiger partial charge in [0.15, 0.2) is 0 Å². The number of aromatic nitrogens is 2. The summed E-state index contributed by atoms with van der Waals surface area (Å²) in [6.07, 6.45) is 0. The summed E-state index contributed by atoms with van der Waals surface area (Å²) >= 11 is 0. The molecule has 0 atom stereocenters. The molecule has 0 fully saturated rings. The van der Waals surface area contributed by atoms with E-state index in [4.69, 9.17) is 10.8 Å². The molecule has 4 aromatic carbocycles. The first-order valence-electron chi connectivity index (χ1n) is 13.0. The molecule has 9 heteroatoms. The number of nitrogens with zero attached hydrogens (tertiary/aromatic N) is 2. The summed E-state index contributed by atoms with van der Waals surface area (Å²) in [7, 11) is 3.42. The van der Waals surface area contributed by atoms with Crippen molar-refractivity contribution in [1.29, 1.82) is 0 Å². The van der Waals surface area contributed by atoms with Crippen LogP contribution in [0.4, 0.5) is 17.1 Å². The van der Waals surface area contributed by atoms with E-state index in [1.165, 1.54) is 0 Å². The van der Waals surface area contributed by atoms with E-state index in [-0.39, 0.29) is 17.7 Å². The van der Waals surface area contributed by atoms with Crippen LogP contribution in [-0.2, 0) is 7.05 Å². The first-order chi connectivity index (χ1) is 19.6. The average molecular weight is 547 g/mol. The minimum atomic E-state index is -0.326. The summed E-state index contributed by atoms with van der Waals surface area (Å²) in [5, 5.41) is 13.9. The van der Waals surface area contributed by atoms with Crippen LogP contribution < -0.4 is 21.7 Å². The molecular weight excluding hydrogens is 516 g/mol. The zero-order valence-corrected chi connectivity index (χ0v) is 23.2. The van der Waals surface area contributed by atoms with E-state index in [1.54, 1.807) is 54.2 Å². The quantitative estimate of drug-likeness (QED) is 0.215. The molecule has 1 aromatic heterocycles. The van der Waals surface area contributed by atoms with Gasteiger partial charge in [0.1, 0.15) is 5.69 Å². The molecule has 0 aliphatic carbocycles. The van der Waals surface area contributed by atoms with E-state index in [9.17, 15) is 14.4 Å². The number of carbonyl (C=O) groups excluding carboxylic acids is 3. The van der Waals surface area contributed by atoms with Gasteiger partial charge in [-0.25, -0.2) is 0 Å². The third kappa shape index (κ3) is 5.51. The molecule has 3 amide bonds. The van der Waals surface area contributed by atoms with Gasteiger partial charge < -0.3 is 21.7 Å². The zero-order valence-electron chi connectivity index (χ0n) is 23.2. The molecule has 0 radical (unpaired) electrons. The number of benzene rings is 4. The second-order valence-electron chi connectivity index (χ2n) is 9.87. The monoisotopic (exact) mass is 546 g/mol. The Balaban J connectivity index is 1.37. The number of nitrogens with one attached hydrogen (secondary N) is 3. The summed E-state index contributed by atoms with van der Waals surface area (Å²) in [5.41, 5.74) is 13.5. The van der Waals surface area contributed by atoms with E-state index < -0.39 is 0 Å². The highest BCUT2D eigenvalue weighted by Crippen LogP contribution is 2.32. The summed E-state index contributed by atoms with van der Waals surface area (Å²) in [4.78, 5) is 38.0. The van der Waals surface area contributed by atoms with Crippen molar-refractivity contribution in [2.24, 2.45) is 7.05 Å². The van der Waals surface area contributed by atoms with Crippen LogP contribution in [0.25, 0.3) is 22.2 Å². The van der Waals surface area contributed by atoms with Gasteiger partial charge in [-0.3, -0.25) is 19.1 Å². The van der Waals surface area contributed by atoms with Crippen LogP contribution in [0.3, 0.4) is 0 Å². The Labute approximate surface area is 237 Å². The summed E-state index contributed by atoms with van der Waals surface area (Å²) in [6.45, 7) is 3.85. The highest BCUT2D eigenvalue weighted by Gasteiger charge is 2.17. The van der Waals surface area contributed by atoms with Crippen LogP contribution in [0.2, 0.25) is 0 Å². The lowest BCUT2D eigenvalue weighted by Gasteiger charge is -2.12. The van der Waals surface area contributed by atoms with Crippen LogP contribution in [-0.4, -0.2) is 34.5 Å². The van der Waals surface area contributed by atoms with Gasteiger partial charge in [0.05, 0.1) is 5.52 Å².